The van der Waals surface area contributed by atoms with E-state index in [4.69, 9.17) is 9.47 Å². The van der Waals surface area contributed by atoms with E-state index in [2.05, 4.69) is 32.2 Å². The quantitative estimate of drug-likeness (QED) is 0.525. The van der Waals surface area contributed by atoms with E-state index in [-0.39, 0.29) is 12.7 Å². The van der Waals surface area contributed by atoms with E-state index in [1.165, 1.54) is 0 Å². The summed E-state index contributed by atoms with van der Waals surface area (Å²) in [5, 5.41) is 25.7. The zero-order valence-corrected chi connectivity index (χ0v) is 23.0. The lowest BCUT2D eigenvalue weighted by molar-refractivity contribution is -0.133. The van der Waals surface area contributed by atoms with Gasteiger partial charge in [0.05, 0.1) is 16.6 Å². The molecule has 1 saturated carbocycles. The molecular weight excluding hydrogens is 478 g/mol. The largest absolute Gasteiger partial charge is 0.488 e. The lowest BCUT2D eigenvalue weighted by atomic mass is 9.51. The molecule has 1 aliphatic heterocycles. The fraction of sp³-hybridized carbons (Fsp3) is 0.548. The molecule has 1 atom stereocenters. The minimum absolute atomic E-state index is 0.0326. The molecule has 1 aliphatic carbocycles. The van der Waals surface area contributed by atoms with Crippen LogP contribution < -0.4 is 10.1 Å². The number of piperazine rings is 1. The summed E-state index contributed by atoms with van der Waals surface area (Å²) in [6.45, 7) is 9.31. The number of nitrogens with zero attached hydrogens (tertiary/aromatic N) is 2. The Bertz CT molecular complexity index is 1130. The number of carbonyl (C=O) groups is 1. The van der Waals surface area contributed by atoms with Gasteiger partial charge in [-0.15, -0.1) is 0 Å². The van der Waals surface area contributed by atoms with Crippen LogP contribution in [0.5, 0.6) is 5.75 Å². The van der Waals surface area contributed by atoms with Crippen molar-refractivity contribution in [3.8, 4) is 11.8 Å². The molecule has 0 aromatic heterocycles. The van der Waals surface area contributed by atoms with Crippen LogP contribution in [0.15, 0.2) is 48.5 Å². The first-order valence-corrected chi connectivity index (χ1v) is 13.8. The highest BCUT2D eigenvalue weighted by Crippen LogP contribution is 2.55. The maximum absolute atomic E-state index is 13.1. The monoisotopic (exact) mass is 519 g/mol. The summed E-state index contributed by atoms with van der Waals surface area (Å²) in [4.78, 5) is 14.8. The Balaban J connectivity index is 1.71. The van der Waals surface area contributed by atoms with E-state index in [0.717, 1.165) is 43.5 Å². The van der Waals surface area contributed by atoms with Gasteiger partial charge >= 0.3 is 6.09 Å². The molecule has 2 aromatic rings. The zero-order chi connectivity index (χ0) is 27.2. The summed E-state index contributed by atoms with van der Waals surface area (Å²) in [5.74, 6) is 0.497. The van der Waals surface area contributed by atoms with Crippen molar-refractivity contribution in [1.82, 2.24) is 10.2 Å². The maximum atomic E-state index is 13.1. The van der Waals surface area contributed by atoms with Crippen LogP contribution in [0.25, 0.3) is 0 Å². The van der Waals surface area contributed by atoms with Crippen molar-refractivity contribution in [3.63, 3.8) is 0 Å². The first kappa shape index (κ1) is 27.9. The van der Waals surface area contributed by atoms with E-state index in [1.807, 2.05) is 48.5 Å². The minimum Gasteiger partial charge on any atom is -0.488 e. The second-order valence-electron chi connectivity index (χ2n) is 11.6. The molecule has 4 rings (SSSR count). The Morgan fingerprint density at radius 3 is 2.39 bits per heavy atom. The van der Waals surface area contributed by atoms with E-state index >= 15 is 0 Å². The van der Waals surface area contributed by atoms with E-state index in [9.17, 15) is 15.2 Å². The molecule has 2 aliphatic rings. The Morgan fingerprint density at radius 1 is 1.08 bits per heavy atom. The number of aliphatic hydroxyl groups is 1. The number of ether oxygens (including phenoxy) is 2. The minimum atomic E-state index is -1.09. The number of rotatable bonds is 7. The number of amides is 1. The van der Waals surface area contributed by atoms with Gasteiger partial charge in [-0.2, -0.15) is 5.26 Å². The molecule has 204 valence electrons. The summed E-state index contributed by atoms with van der Waals surface area (Å²) >= 11 is 0. The normalized spacial score (nSPS) is 19.2. The van der Waals surface area contributed by atoms with Crippen LogP contribution in [0.1, 0.15) is 69.6 Å². The third-order valence-electron chi connectivity index (χ3n) is 8.37. The topological polar surface area (TPSA) is 94.8 Å². The fourth-order valence-corrected chi connectivity index (χ4v) is 6.25. The number of hydrogen-bond acceptors (Lipinski definition) is 6. The number of hydrogen-bond donors (Lipinski definition) is 2. The summed E-state index contributed by atoms with van der Waals surface area (Å²) < 4.78 is 12.1. The first-order chi connectivity index (χ1) is 18.2. The van der Waals surface area contributed by atoms with E-state index < -0.39 is 16.4 Å². The van der Waals surface area contributed by atoms with Crippen molar-refractivity contribution in [1.29, 1.82) is 5.26 Å². The SMILES string of the molecule is CC(C)(C)C(COC(=O)N1CCNCC1)(c1ccc(OCc2ccccc2)c(C#N)c1)C1(O)CCCCC1. The van der Waals surface area contributed by atoms with Gasteiger partial charge in [0.1, 0.15) is 25.0 Å². The first-order valence-electron chi connectivity index (χ1n) is 13.8. The van der Waals surface area contributed by atoms with Gasteiger partial charge in [-0.3, -0.25) is 0 Å². The standard InChI is InChI=1S/C31H41N3O4/c1-29(2,3)31(30(36)14-8-5-9-15-30,23-38-28(35)34-18-16-33-17-19-34)26-12-13-27(25(20-26)21-32)37-22-24-10-6-4-7-11-24/h4,6-7,10-13,20,33,36H,5,8-9,14-19,22-23H2,1-3H3. The molecule has 7 nitrogen and oxygen atoms in total. The second-order valence-corrected chi connectivity index (χ2v) is 11.6. The molecule has 1 unspecified atom stereocenters. The molecule has 2 fully saturated rings. The molecule has 0 radical (unpaired) electrons. The molecule has 1 saturated heterocycles. The van der Waals surface area contributed by atoms with Gasteiger partial charge in [0.25, 0.3) is 0 Å². The predicted octanol–water partition coefficient (Wildman–Crippen LogP) is 5.16. The molecule has 0 spiro atoms. The lowest BCUT2D eigenvalue weighted by Gasteiger charge is -2.56. The summed E-state index contributed by atoms with van der Waals surface area (Å²) in [7, 11) is 0. The maximum Gasteiger partial charge on any atom is 0.409 e. The number of nitriles is 1. The van der Waals surface area contributed by atoms with Crippen molar-refractivity contribution in [2.24, 2.45) is 5.41 Å². The molecule has 38 heavy (non-hydrogen) atoms. The molecular formula is C31H41N3O4. The highest BCUT2D eigenvalue weighted by molar-refractivity contribution is 5.68. The van der Waals surface area contributed by atoms with Gasteiger partial charge in [-0.05, 0) is 41.5 Å². The highest BCUT2D eigenvalue weighted by Gasteiger charge is 2.59. The average Bonchev–Trinajstić information content (AvgIpc) is 2.93. The van der Waals surface area contributed by atoms with Crippen molar-refractivity contribution in [3.05, 3.63) is 65.2 Å². The highest BCUT2D eigenvalue weighted by atomic mass is 16.6. The molecule has 1 heterocycles. The predicted molar refractivity (Wildman–Crippen MR) is 147 cm³/mol. The number of benzene rings is 2. The fourth-order valence-electron chi connectivity index (χ4n) is 6.25. The molecule has 7 heteroatoms. The van der Waals surface area contributed by atoms with Gasteiger partial charge in [-0.25, -0.2) is 4.79 Å². The summed E-state index contributed by atoms with van der Waals surface area (Å²) in [6.07, 6.45) is 3.75. The van der Waals surface area contributed by atoms with Crippen molar-refractivity contribution in [2.75, 3.05) is 32.8 Å². The van der Waals surface area contributed by atoms with Crippen LogP contribution in [-0.4, -0.2) is 54.5 Å². The zero-order valence-electron chi connectivity index (χ0n) is 23.0. The Hall–Kier alpha value is -3.08. The molecule has 0 bridgehead atoms. The molecule has 2 aromatic carbocycles. The van der Waals surface area contributed by atoms with Crippen LogP contribution in [-0.2, 0) is 16.8 Å². The third-order valence-corrected chi connectivity index (χ3v) is 8.37. The van der Waals surface area contributed by atoms with Crippen LogP contribution in [0, 0.1) is 16.7 Å². The summed E-state index contributed by atoms with van der Waals surface area (Å²) in [5.41, 5.74) is -0.283. The van der Waals surface area contributed by atoms with Crippen molar-refractivity contribution < 1.29 is 19.4 Å². The molecule has 2 N–H and O–H groups in total. The number of nitrogens with one attached hydrogen (secondary N) is 1. The van der Waals surface area contributed by atoms with Crippen LogP contribution in [0.2, 0.25) is 0 Å². The third kappa shape index (κ3) is 5.67. The second kappa shape index (κ2) is 11.8. The molecule has 1 amide bonds. The van der Waals surface area contributed by atoms with Gasteiger partial charge in [0.2, 0.25) is 0 Å². The van der Waals surface area contributed by atoms with E-state index in [0.29, 0.717) is 43.9 Å². The Morgan fingerprint density at radius 2 is 1.76 bits per heavy atom. The van der Waals surface area contributed by atoms with Crippen LogP contribution in [0.3, 0.4) is 0 Å². The van der Waals surface area contributed by atoms with Gasteiger partial charge in [0.15, 0.2) is 0 Å². The van der Waals surface area contributed by atoms with Crippen LogP contribution >= 0.6 is 0 Å². The van der Waals surface area contributed by atoms with Crippen molar-refractivity contribution in [2.45, 2.75) is 70.5 Å². The van der Waals surface area contributed by atoms with Gasteiger partial charge < -0.3 is 24.8 Å². The smallest absolute Gasteiger partial charge is 0.409 e. The van der Waals surface area contributed by atoms with E-state index in [1.54, 1.807) is 4.90 Å². The average molecular weight is 520 g/mol. The van der Waals surface area contributed by atoms with Gasteiger partial charge in [-0.1, -0.05) is 76.4 Å². The Kier molecular flexibility index (Phi) is 8.64. The number of carbonyl (C=O) groups excluding carboxylic acids is 1. The Labute approximate surface area is 226 Å². The van der Waals surface area contributed by atoms with Crippen LogP contribution in [0.4, 0.5) is 4.79 Å². The summed E-state index contributed by atoms with van der Waals surface area (Å²) in [6, 6.07) is 17.7. The van der Waals surface area contributed by atoms with Gasteiger partial charge in [0, 0.05) is 26.2 Å². The lowest BCUT2D eigenvalue weighted by Crippen LogP contribution is -2.62. The van der Waals surface area contributed by atoms with Crippen molar-refractivity contribution >= 4 is 6.09 Å².